The molecule has 0 saturated carbocycles. The van der Waals surface area contributed by atoms with E-state index in [1.807, 2.05) is 0 Å². The zero-order chi connectivity index (χ0) is 16.9. The first-order valence-corrected chi connectivity index (χ1v) is 8.96. The van der Waals surface area contributed by atoms with Gasteiger partial charge in [-0.15, -0.1) is 0 Å². The Morgan fingerprint density at radius 1 is 1.09 bits per heavy atom. The fourth-order valence-corrected chi connectivity index (χ4v) is 3.07. The lowest BCUT2D eigenvalue weighted by atomic mass is 10.3. The van der Waals surface area contributed by atoms with Crippen LogP contribution in [0, 0.1) is 5.82 Å². The van der Waals surface area contributed by atoms with Crippen LogP contribution in [-0.2, 0) is 14.8 Å². The molecular formula is C15H14BrFN2O3S. The number of hydrogen-bond acceptors (Lipinski definition) is 3. The maximum atomic E-state index is 13.4. The van der Waals surface area contributed by atoms with E-state index in [1.54, 1.807) is 18.2 Å². The molecule has 2 N–H and O–H groups in total. The van der Waals surface area contributed by atoms with E-state index in [0.29, 0.717) is 0 Å². The van der Waals surface area contributed by atoms with Gasteiger partial charge in [-0.05, 0) is 36.4 Å². The minimum absolute atomic E-state index is 0.0632. The Morgan fingerprint density at radius 2 is 1.74 bits per heavy atom. The summed E-state index contributed by atoms with van der Waals surface area (Å²) in [6.45, 7) is -0.0846. The van der Waals surface area contributed by atoms with E-state index < -0.39 is 21.7 Å². The second-order valence-corrected chi connectivity index (χ2v) is 7.31. The molecule has 2 aromatic rings. The van der Waals surface area contributed by atoms with Crippen LogP contribution in [0.2, 0.25) is 0 Å². The van der Waals surface area contributed by atoms with Crippen LogP contribution < -0.4 is 10.0 Å². The summed E-state index contributed by atoms with van der Waals surface area (Å²) in [5.74, 6) is -1.02. The summed E-state index contributed by atoms with van der Waals surface area (Å²) in [5, 5.41) is 2.39. The number of halogens is 2. The molecule has 0 heterocycles. The van der Waals surface area contributed by atoms with E-state index >= 15 is 0 Å². The van der Waals surface area contributed by atoms with Crippen LogP contribution in [0.4, 0.5) is 10.1 Å². The number of sulfonamides is 1. The molecule has 0 fully saturated rings. The van der Waals surface area contributed by atoms with Crippen molar-refractivity contribution in [3.8, 4) is 0 Å². The highest BCUT2D eigenvalue weighted by Crippen LogP contribution is 2.15. The summed E-state index contributed by atoms with van der Waals surface area (Å²) in [4.78, 5) is 11.8. The van der Waals surface area contributed by atoms with Crippen molar-refractivity contribution in [2.45, 2.75) is 11.3 Å². The Hall–Kier alpha value is -1.77. The van der Waals surface area contributed by atoms with E-state index in [0.717, 1.165) is 4.47 Å². The van der Waals surface area contributed by atoms with Gasteiger partial charge in [0.05, 0.1) is 10.6 Å². The minimum atomic E-state index is -3.68. The highest BCUT2D eigenvalue weighted by molar-refractivity contribution is 9.10. The fourth-order valence-electron chi connectivity index (χ4n) is 1.77. The predicted molar refractivity (Wildman–Crippen MR) is 89.0 cm³/mol. The third-order valence-electron chi connectivity index (χ3n) is 2.92. The van der Waals surface area contributed by atoms with Crippen molar-refractivity contribution >= 4 is 37.5 Å². The average Bonchev–Trinajstić information content (AvgIpc) is 2.50. The van der Waals surface area contributed by atoms with Crippen molar-refractivity contribution in [3.05, 3.63) is 58.8 Å². The maximum Gasteiger partial charge on any atom is 0.240 e. The fraction of sp³-hybridized carbons (Fsp3) is 0.133. The van der Waals surface area contributed by atoms with E-state index in [2.05, 4.69) is 26.0 Å². The lowest BCUT2D eigenvalue weighted by Gasteiger charge is -2.08. The van der Waals surface area contributed by atoms with Crippen LogP contribution in [0.3, 0.4) is 0 Å². The number of anilines is 1. The zero-order valence-electron chi connectivity index (χ0n) is 11.9. The Bertz CT molecular complexity index is 795. The van der Waals surface area contributed by atoms with Gasteiger partial charge in [-0.2, -0.15) is 0 Å². The SMILES string of the molecule is O=C(CCNS(=O)(=O)c1ccc(Br)cc1)Nc1ccccc1F. The molecule has 2 rings (SSSR count). The van der Waals surface area contributed by atoms with E-state index in [9.17, 15) is 17.6 Å². The van der Waals surface area contributed by atoms with Gasteiger partial charge >= 0.3 is 0 Å². The summed E-state index contributed by atoms with van der Waals surface area (Å²) in [6.07, 6.45) is -0.107. The number of amides is 1. The normalized spacial score (nSPS) is 11.2. The monoisotopic (exact) mass is 400 g/mol. The minimum Gasteiger partial charge on any atom is -0.324 e. The third kappa shape index (κ3) is 5.12. The first-order valence-electron chi connectivity index (χ1n) is 6.68. The lowest BCUT2D eigenvalue weighted by Crippen LogP contribution is -2.28. The predicted octanol–water partition coefficient (Wildman–Crippen LogP) is 2.90. The standard InChI is InChI=1S/C15H14BrFN2O3S/c16-11-5-7-12(8-6-11)23(21,22)18-10-9-15(20)19-14-4-2-1-3-13(14)17/h1-8,18H,9-10H2,(H,19,20). The number of para-hydroxylation sites is 1. The molecule has 122 valence electrons. The Labute approximate surface area is 142 Å². The van der Waals surface area contributed by atoms with E-state index in [4.69, 9.17) is 0 Å². The number of nitrogens with one attached hydrogen (secondary N) is 2. The van der Waals surface area contributed by atoms with Crippen LogP contribution in [0.1, 0.15) is 6.42 Å². The van der Waals surface area contributed by atoms with E-state index in [1.165, 1.54) is 30.3 Å². The molecular weight excluding hydrogens is 387 g/mol. The van der Waals surface area contributed by atoms with Gasteiger partial charge in [-0.1, -0.05) is 28.1 Å². The Kier molecular flexibility index (Phi) is 5.86. The van der Waals surface area contributed by atoms with Gasteiger partial charge in [-0.3, -0.25) is 4.79 Å². The van der Waals surface area contributed by atoms with Crippen LogP contribution in [0.25, 0.3) is 0 Å². The maximum absolute atomic E-state index is 13.4. The van der Waals surface area contributed by atoms with Gasteiger partial charge in [0.25, 0.3) is 0 Å². The zero-order valence-corrected chi connectivity index (χ0v) is 14.3. The van der Waals surface area contributed by atoms with Crippen molar-refractivity contribution in [3.63, 3.8) is 0 Å². The van der Waals surface area contributed by atoms with Gasteiger partial charge in [0.15, 0.2) is 0 Å². The van der Waals surface area contributed by atoms with Gasteiger partial charge in [0, 0.05) is 17.4 Å². The first-order chi connectivity index (χ1) is 10.9. The number of rotatable bonds is 6. The summed E-state index contributed by atoms with van der Waals surface area (Å²) in [7, 11) is -3.68. The van der Waals surface area contributed by atoms with Crippen molar-refractivity contribution in [1.29, 1.82) is 0 Å². The molecule has 2 aromatic carbocycles. The molecule has 0 saturated heterocycles. The molecule has 1 amide bonds. The quantitative estimate of drug-likeness (QED) is 0.782. The van der Waals surface area contributed by atoms with Crippen LogP contribution in [-0.4, -0.2) is 20.9 Å². The van der Waals surface area contributed by atoms with Gasteiger partial charge < -0.3 is 5.32 Å². The Morgan fingerprint density at radius 3 is 2.39 bits per heavy atom. The highest BCUT2D eigenvalue weighted by Gasteiger charge is 2.14. The highest BCUT2D eigenvalue weighted by atomic mass is 79.9. The summed E-state index contributed by atoms with van der Waals surface area (Å²) in [5.41, 5.74) is 0.0632. The second-order valence-electron chi connectivity index (χ2n) is 4.63. The molecule has 0 atom stereocenters. The molecule has 0 unspecified atom stereocenters. The lowest BCUT2D eigenvalue weighted by molar-refractivity contribution is -0.116. The molecule has 0 aromatic heterocycles. The summed E-state index contributed by atoms with van der Waals surface area (Å²) >= 11 is 3.22. The first kappa shape index (κ1) is 17.6. The molecule has 8 heteroatoms. The van der Waals surface area contributed by atoms with Gasteiger partial charge in [0.1, 0.15) is 5.82 Å². The summed E-state index contributed by atoms with van der Waals surface area (Å²) < 4.78 is 40.5. The van der Waals surface area contributed by atoms with Crippen LogP contribution in [0.5, 0.6) is 0 Å². The Balaban J connectivity index is 1.88. The molecule has 0 aliphatic carbocycles. The molecule has 23 heavy (non-hydrogen) atoms. The number of carbonyl (C=O) groups is 1. The molecule has 0 aliphatic heterocycles. The molecule has 0 bridgehead atoms. The van der Waals surface area contributed by atoms with Gasteiger partial charge in [-0.25, -0.2) is 17.5 Å². The topological polar surface area (TPSA) is 75.3 Å². The smallest absolute Gasteiger partial charge is 0.240 e. The molecule has 0 radical (unpaired) electrons. The van der Waals surface area contributed by atoms with Crippen LogP contribution in [0.15, 0.2) is 57.9 Å². The molecule has 0 aliphatic rings. The average molecular weight is 401 g/mol. The van der Waals surface area contributed by atoms with Gasteiger partial charge in [0.2, 0.25) is 15.9 Å². The number of carbonyl (C=O) groups excluding carboxylic acids is 1. The third-order valence-corrected chi connectivity index (χ3v) is 4.92. The van der Waals surface area contributed by atoms with E-state index in [-0.39, 0.29) is 23.5 Å². The number of hydrogen-bond donors (Lipinski definition) is 2. The number of benzene rings is 2. The second kappa shape index (κ2) is 7.67. The van der Waals surface area contributed by atoms with Crippen LogP contribution >= 0.6 is 15.9 Å². The van der Waals surface area contributed by atoms with Crippen molar-refractivity contribution in [2.75, 3.05) is 11.9 Å². The van der Waals surface area contributed by atoms with Crippen molar-refractivity contribution in [2.24, 2.45) is 0 Å². The summed E-state index contributed by atoms with van der Waals surface area (Å²) in [6, 6.07) is 11.9. The largest absolute Gasteiger partial charge is 0.324 e. The molecule has 5 nitrogen and oxygen atoms in total. The van der Waals surface area contributed by atoms with Crippen molar-refractivity contribution < 1.29 is 17.6 Å². The van der Waals surface area contributed by atoms with Crippen molar-refractivity contribution in [1.82, 2.24) is 4.72 Å². The molecule has 0 spiro atoms.